The first-order chi connectivity index (χ1) is 15.5. The number of anilines is 1. The number of ether oxygens (including phenoxy) is 1. The van der Waals surface area contributed by atoms with Gasteiger partial charge >= 0.3 is 0 Å². The number of rotatable bonds is 3. The van der Waals surface area contributed by atoms with Gasteiger partial charge in [0, 0.05) is 36.4 Å². The van der Waals surface area contributed by atoms with Crippen LogP contribution in [0.15, 0.2) is 11.2 Å². The molecule has 0 N–H and O–H groups in total. The third-order valence-electron chi connectivity index (χ3n) is 7.60. The first kappa shape index (κ1) is 21.3. The minimum absolute atomic E-state index is 0.109. The van der Waals surface area contributed by atoms with Crippen LogP contribution >= 0.6 is 23.4 Å². The van der Waals surface area contributed by atoms with Crippen LogP contribution in [0, 0.1) is 5.82 Å². The topological polar surface area (TPSA) is 41.5 Å². The van der Waals surface area contributed by atoms with Crippen LogP contribution in [0.2, 0.25) is 5.02 Å². The summed E-state index contributed by atoms with van der Waals surface area (Å²) in [6.07, 6.45) is 4.50. The molecule has 5 nitrogen and oxygen atoms in total. The predicted molar refractivity (Wildman–Crippen MR) is 123 cm³/mol. The summed E-state index contributed by atoms with van der Waals surface area (Å²) in [6.45, 7) is 3.68. The summed E-state index contributed by atoms with van der Waals surface area (Å²) in [5, 5.41) is 1.44. The molecule has 32 heavy (non-hydrogen) atoms. The van der Waals surface area contributed by atoms with E-state index in [1.807, 2.05) is 0 Å². The van der Waals surface area contributed by atoms with E-state index in [4.69, 9.17) is 21.3 Å². The smallest absolute Gasteiger partial charge is 0.190 e. The van der Waals surface area contributed by atoms with Crippen molar-refractivity contribution in [1.82, 2.24) is 14.9 Å². The van der Waals surface area contributed by atoms with Gasteiger partial charge in [-0.1, -0.05) is 23.4 Å². The lowest BCUT2D eigenvalue weighted by Crippen LogP contribution is -2.40. The monoisotopic (exact) mass is 480 g/mol. The molecule has 3 atom stereocenters. The summed E-state index contributed by atoms with van der Waals surface area (Å²) in [7, 11) is 0. The molecule has 2 aromatic rings. The Morgan fingerprint density at radius 2 is 2.19 bits per heavy atom. The van der Waals surface area contributed by atoms with Crippen molar-refractivity contribution in [2.24, 2.45) is 0 Å². The first-order valence-corrected chi connectivity index (χ1v) is 13.0. The van der Waals surface area contributed by atoms with Crippen LogP contribution < -0.4 is 4.90 Å². The zero-order valence-electron chi connectivity index (χ0n) is 18.0. The molecular weight excluding hydrogens is 454 g/mol. The number of fused-ring (bicyclic) bond motifs is 3. The maximum atomic E-state index is 15.2. The van der Waals surface area contributed by atoms with Gasteiger partial charge in [-0.25, -0.2) is 18.7 Å². The van der Waals surface area contributed by atoms with Gasteiger partial charge in [0.05, 0.1) is 17.7 Å². The Bertz CT molecular complexity index is 1060. The lowest BCUT2D eigenvalue weighted by atomic mass is 9.96. The Hall–Kier alpha value is -1.22. The van der Waals surface area contributed by atoms with E-state index in [0.717, 1.165) is 74.3 Å². The Morgan fingerprint density at radius 3 is 3.09 bits per heavy atom. The molecule has 0 bridgehead atoms. The van der Waals surface area contributed by atoms with Crippen molar-refractivity contribution in [3.8, 4) is 0 Å². The maximum absolute atomic E-state index is 15.2. The Labute approximate surface area is 195 Å². The highest BCUT2D eigenvalue weighted by Gasteiger charge is 2.48. The molecule has 0 amide bonds. The fraction of sp³-hybridized carbons (Fsp3) is 0.652. The molecule has 0 saturated carbocycles. The number of aromatic nitrogens is 2. The number of benzene rings is 1. The van der Waals surface area contributed by atoms with Crippen LogP contribution in [0.25, 0.3) is 10.9 Å². The highest BCUT2D eigenvalue weighted by molar-refractivity contribution is 7.99. The van der Waals surface area contributed by atoms with E-state index in [1.54, 1.807) is 6.07 Å². The molecule has 0 radical (unpaired) electrons. The van der Waals surface area contributed by atoms with Gasteiger partial charge in [0.25, 0.3) is 0 Å². The highest BCUT2D eigenvalue weighted by atomic mass is 35.5. The van der Waals surface area contributed by atoms with E-state index in [2.05, 4.69) is 14.8 Å². The molecule has 0 aliphatic carbocycles. The SMILES string of the molecule is Fc1c(Cl)cc2c3c(nc(SC[C@@]45CCCN4C[C@H](F)C5)nc13)N1CCCOCC1CC2. The number of nitrogens with zero attached hydrogens (tertiary/aromatic N) is 4. The fourth-order valence-electron chi connectivity index (χ4n) is 6.07. The molecule has 1 aromatic heterocycles. The first-order valence-electron chi connectivity index (χ1n) is 11.6. The van der Waals surface area contributed by atoms with Gasteiger partial charge < -0.3 is 9.64 Å². The number of hydrogen-bond acceptors (Lipinski definition) is 6. The summed E-state index contributed by atoms with van der Waals surface area (Å²) in [5.41, 5.74) is 1.18. The molecule has 1 unspecified atom stereocenters. The summed E-state index contributed by atoms with van der Waals surface area (Å²) < 4.78 is 35.2. The second-order valence-corrected chi connectivity index (χ2v) is 10.9. The Balaban J connectivity index is 1.42. The van der Waals surface area contributed by atoms with Crippen LogP contribution in [0.5, 0.6) is 0 Å². The van der Waals surface area contributed by atoms with E-state index >= 15 is 4.39 Å². The van der Waals surface area contributed by atoms with Crippen molar-refractivity contribution in [2.45, 2.75) is 61.4 Å². The zero-order chi connectivity index (χ0) is 21.9. The van der Waals surface area contributed by atoms with E-state index in [9.17, 15) is 4.39 Å². The van der Waals surface area contributed by atoms with E-state index in [0.29, 0.717) is 30.2 Å². The summed E-state index contributed by atoms with van der Waals surface area (Å²) in [5.74, 6) is 1.04. The van der Waals surface area contributed by atoms with Gasteiger partial charge in [0.1, 0.15) is 17.5 Å². The van der Waals surface area contributed by atoms with Gasteiger partial charge in [-0.3, -0.25) is 4.90 Å². The summed E-state index contributed by atoms with van der Waals surface area (Å²) >= 11 is 7.80. The number of halogens is 3. The van der Waals surface area contributed by atoms with Gasteiger partial charge in [-0.2, -0.15) is 0 Å². The standard InChI is InChI=1S/C23H27ClF2N4OS/c24-17-9-14-3-4-16-12-31-8-2-7-30(16)21-18(14)20(19(17)26)27-22(28-21)32-13-23-5-1-6-29(23)11-15(25)10-23/h9,15-16H,1-8,10-13H2/t15-,16?,23+/m1/s1. The van der Waals surface area contributed by atoms with E-state index in [-0.39, 0.29) is 16.6 Å². The maximum Gasteiger partial charge on any atom is 0.190 e. The molecule has 0 spiro atoms. The number of thioether (sulfide) groups is 1. The third-order valence-corrected chi connectivity index (χ3v) is 9.00. The van der Waals surface area contributed by atoms with Crippen LogP contribution in [0.1, 0.15) is 37.7 Å². The largest absolute Gasteiger partial charge is 0.379 e. The predicted octanol–water partition coefficient (Wildman–Crippen LogP) is 4.63. The van der Waals surface area contributed by atoms with Gasteiger partial charge in [-0.15, -0.1) is 0 Å². The van der Waals surface area contributed by atoms with Crippen molar-refractivity contribution < 1.29 is 13.5 Å². The Morgan fingerprint density at radius 1 is 1.28 bits per heavy atom. The quantitative estimate of drug-likeness (QED) is 0.471. The van der Waals surface area contributed by atoms with Crippen LogP contribution in [0.3, 0.4) is 0 Å². The number of aryl methyl sites for hydroxylation is 1. The summed E-state index contributed by atoms with van der Waals surface area (Å²) in [6, 6.07) is 1.94. The second-order valence-electron chi connectivity index (χ2n) is 9.56. The fourth-order valence-corrected chi connectivity index (χ4v) is 7.44. The molecule has 3 saturated heterocycles. The molecule has 4 aliphatic heterocycles. The molecule has 5 heterocycles. The van der Waals surface area contributed by atoms with E-state index in [1.165, 1.54) is 11.8 Å². The molecular formula is C23H27ClF2N4OS. The van der Waals surface area contributed by atoms with Gasteiger partial charge in [-0.05, 0) is 56.7 Å². The minimum atomic E-state index is -0.769. The Kier molecular flexibility index (Phi) is 5.48. The van der Waals surface area contributed by atoms with Gasteiger partial charge in [0.2, 0.25) is 0 Å². The molecule has 6 rings (SSSR count). The van der Waals surface area contributed by atoms with Crippen molar-refractivity contribution in [2.75, 3.05) is 43.5 Å². The lowest BCUT2D eigenvalue weighted by Gasteiger charge is -2.31. The van der Waals surface area contributed by atoms with E-state index < -0.39 is 12.0 Å². The third kappa shape index (κ3) is 3.49. The number of alkyl halides is 1. The van der Waals surface area contributed by atoms with Crippen LogP contribution in [-0.2, 0) is 11.2 Å². The number of hydrogen-bond donors (Lipinski definition) is 0. The zero-order valence-corrected chi connectivity index (χ0v) is 19.5. The average molecular weight is 481 g/mol. The normalized spacial score (nSPS) is 30.3. The van der Waals surface area contributed by atoms with Crippen molar-refractivity contribution >= 4 is 40.1 Å². The molecule has 9 heteroatoms. The van der Waals surface area contributed by atoms with Gasteiger partial charge in [0.15, 0.2) is 11.0 Å². The molecule has 3 fully saturated rings. The molecule has 4 aliphatic rings. The van der Waals surface area contributed by atoms with Crippen molar-refractivity contribution in [1.29, 1.82) is 0 Å². The minimum Gasteiger partial charge on any atom is -0.379 e. The molecule has 1 aromatic carbocycles. The van der Waals surface area contributed by atoms with Crippen molar-refractivity contribution in [3.05, 3.63) is 22.5 Å². The average Bonchev–Trinajstić information content (AvgIpc) is 3.12. The van der Waals surface area contributed by atoms with Crippen LogP contribution in [0.4, 0.5) is 14.6 Å². The second kappa shape index (κ2) is 8.22. The molecule has 172 valence electrons. The highest BCUT2D eigenvalue weighted by Crippen LogP contribution is 2.44. The lowest BCUT2D eigenvalue weighted by molar-refractivity contribution is 0.132. The van der Waals surface area contributed by atoms with Crippen molar-refractivity contribution in [3.63, 3.8) is 0 Å². The van der Waals surface area contributed by atoms with Crippen LogP contribution in [-0.4, -0.2) is 71.2 Å². The summed E-state index contributed by atoms with van der Waals surface area (Å²) in [4.78, 5) is 14.2.